The Kier molecular flexibility index (Phi) is 24.3. The average Bonchev–Trinajstić information content (AvgIpc) is 2.77. The van der Waals surface area contributed by atoms with Crippen LogP contribution in [0.25, 0.3) is 0 Å². The summed E-state index contributed by atoms with van der Waals surface area (Å²) in [6, 6.07) is 0. The molecular weight excluding hydrogens is 388 g/mol. The average molecular weight is 441 g/mol. The van der Waals surface area contributed by atoms with Crippen molar-refractivity contribution in [2.75, 3.05) is 13.2 Å². The van der Waals surface area contributed by atoms with Gasteiger partial charge in [0.15, 0.2) is 0 Å². The van der Waals surface area contributed by atoms with Gasteiger partial charge in [0.1, 0.15) is 13.2 Å². The Balaban J connectivity index is 3.29. The lowest BCUT2D eigenvalue weighted by Crippen LogP contribution is -2.13. The molecule has 0 unspecified atom stereocenters. The predicted molar refractivity (Wildman–Crippen MR) is 130 cm³/mol. The van der Waals surface area contributed by atoms with E-state index in [4.69, 9.17) is 9.47 Å². The minimum atomic E-state index is -0.174. The molecule has 0 spiro atoms. The highest BCUT2D eigenvalue weighted by molar-refractivity contribution is 5.70. The van der Waals surface area contributed by atoms with E-state index in [-0.39, 0.29) is 25.2 Å². The number of ether oxygens (including phenoxy) is 2. The fraction of sp³-hybridized carbons (Fsp3) is 0.926. The van der Waals surface area contributed by atoms with Crippen LogP contribution in [-0.4, -0.2) is 25.2 Å². The molecule has 0 aliphatic heterocycles. The smallest absolute Gasteiger partial charge is 0.305 e. The second-order valence-corrected chi connectivity index (χ2v) is 8.95. The third-order valence-corrected chi connectivity index (χ3v) is 5.83. The molecule has 0 rings (SSSR count). The maximum absolute atomic E-state index is 11.7. The molecule has 0 aromatic carbocycles. The molecule has 4 nitrogen and oxygen atoms in total. The van der Waals surface area contributed by atoms with Crippen LogP contribution in [0.2, 0.25) is 0 Å². The van der Waals surface area contributed by atoms with Crippen LogP contribution >= 0.6 is 0 Å². The minimum absolute atomic E-state index is 0.171. The van der Waals surface area contributed by atoms with Gasteiger partial charge in [-0.15, -0.1) is 0 Å². The Morgan fingerprint density at radius 2 is 0.677 bits per heavy atom. The normalized spacial score (nSPS) is 10.9. The molecule has 0 amide bonds. The number of unbranched alkanes of at least 4 members (excludes halogenated alkanes) is 17. The number of rotatable bonds is 24. The summed E-state index contributed by atoms with van der Waals surface area (Å²) in [7, 11) is 0. The second kappa shape index (κ2) is 25.2. The Morgan fingerprint density at radius 3 is 0.968 bits per heavy atom. The topological polar surface area (TPSA) is 52.6 Å². The van der Waals surface area contributed by atoms with Gasteiger partial charge in [0, 0.05) is 12.8 Å². The van der Waals surface area contributed by atoms with Crippen LogP contribution in [0.15, 0.2) is 0 Å². The summed E-state index contributed by atoms with van der Waals surface area (Å²) in [4.78, 5) is 23.4. The maximum atomic E-state index is 11.7. The lowest BCUT2D eigenvalue weighted by Gasteiger charge is -2.07. The van der Waals surface area contributed by atoms with Gasteiger partial charge in [0.25, 0.3) is 0 Å². The monoisotopic (exact) mass is 440 g/mol. The quantitative estimate of drug-likeness (QED) is 0.112. The lowest BCUT2D eigenvalue weighted by molar-refractivity contribution is -0.152. The van der Waals surface area contributed by atoms with Crippen molar-refractivity contribution in [3.05, 3.63) is 0 Å². The molecular formula is C27H52O4. The Labute approximate surface area is 193 Å². The third-order valence-electron chi connectivity index (χ3n) is 5.83. The van der Waals surface area contributed by atoms with E-state index in [1.165, 1.54) is 96.3 Å². The molecule has 0 aliphatic rings. The summed E-state index contributed by atoms with van der Waals surface area (Å²) in [5.74, 6) is -0.345. The van der Waals surface area contributed by atoms with Gasteiger partial charge < -0.3 is 9.47 Å². The Morgan fingerprint density at radius 1 is 0.419 bits per heavy atom. The number of esters is 2. The van der Waals surface area contributed by atoms with Crippen LogP contribution in [0.1, 0.15) is 149 Å². The van der Waals surface area contributed by atoms with Gasteiger partial charge in [-0.2, -0.15) is 0 Å². The van der Waals surface area contributed by atoms with Crippen LogP contribution in [0, 0.1) is 0 Å². The van der Waals surface area contributed by atoms with Gasteiger partial charge in [0.2, 0.25) is 0 Å². The SMILES string of the molecule is CCCCCCCCCCCCCC(=O)OCCOC(=O)CCCCCCCCCC. The zero-order valence-corrected chi connectivity index (χ0v) is 20.9. The van der Waals surface area contributed by atoms with Gasteiger partial charge in [0.05, 0.1) is 0 Å². The Hall–Kier alpha value is -1.06. The van der Waals surface area contributed by atoms with E-state index in [1.54, 1.807) is 0 Å². The van der Waals surface area contributed by atoms with Crippen molar-refractivity contribution in [3.8, 4) is 0 Å². The summed E-state index contributed by atoms with van der Waals surface area (Å²) < 4.78 is 10.3. The second-order valence-electron chi connectivity index (χ2n) is 8.95. The fourth-order valence-corrected chi connectivity index (χ4v) is 3.79. The van der Waals surface area contributed by atoms with Gasteiger partial charge >= 0.3 is 11.9 Å². The molecule has 0 radical (unpaired) electrons. The highest BCUT2D eigenvalue weighted by Crippen LogP contribution is 2.12. The van der Waals surface area contributed by atoms with E-state index in [1.807, 2.05) is 0 Å². The van der Waals surface area contributed by atoms with E-state index in [0.717, 1.165) is 25.7 Å². The maximum Gasteiger partial charge on any atom is 0.305 e. The zero-order valence-electron chi connectivity index (χ0n) is 20.9. The van der Waals surface area contributed by atoms with E-state index < -0.39 is 0 Å². The largest absolute Gasteiger partial charge is 0.462 e. The molecule has 0 aromatic rings. The lowest BCUT2D eigenvalue weighted by atomic mass is 10.1. The number of hydrogen-bond donors (Lipinski definition) is 0. The van der Waals surface area contributed by atoms with Crippen molar-refractivity contribution in [2.24, 2.45) is 0 Å². The van der Waals surface area contributed by atoms with Crippen molar-refractivity contribution in [2.45, 2.75) is 149 Å². The first-order valence-electron chi connectivity index (χ1n) is 13.5. The van der Waals surface area contributed by atoms with Crippen LogP contribution in [0.4, 0.5) is 0 Å². The number of hydrogen-bond acceptors (Lipinski definition) is 4. The first-order chi connectivity index (χ1) is 15.2. The summed E-state index contributed by atoms with van der Waals surface area (Å²) in [5.41, 5.74) is 0. The van der Waals surface area contributed by atoms with Crippen molar-refractivity contribution in [1.82, 2.24) is 0 Å². The third kappa shape index (κ3) is 25.1. The van der Waals surface area contributed by atoms with E-state index in [2.05, 4.69) is 13.8 Å². The highest BCUT2D eigenvalue weighted by Gasteiger charge is 2.05. The van der Waals surface area contributed by atoms with E-state index in [9.17, 15) is 9.59 Å². The molecule has 0 bridgehead atoms. The van der Waals surface area contributed by atoms with Crippen molar-refractivity contribution in [1.29, 1.82) is 0 Å². The van der Waals surface area contributed by atoms with Crippen molar-refractivity contribution >= 4 is 11.9 Å². The molecule has 0 aromatic heterocycles. The summed E-state index contributed by atoms with van der Waals surface area (Å²) >= 11 is 0. The number of carbonyl (C=O) groups excluding carboxylic acids is 2. The van der Waals surface area contributed by atoms with Crippen LogP contribution < -0.4 is 0 Å². The van der Waals surface area contributed by atoms with Gasteiger partial charge in [-0.3, -0.25) is 9.59 Å². The minimum Gasteiger partial charge on any atom is -0.462 e. The van der Waals surface area contributed by atoms with Crippen LogP contribution in [0.3, 0.4) is 0 Å². The highest BCUT2D eigenvalue weighted by atomic mass is 16.6. The van der Waals surface area contributed by atoms with Crippen molar-refractivity contribution < 1.29 is 19.1 Å². The van der Waals surface area contributed by atoms with Gasteiger partial charge in [-0.25, -0.2) is 0 Å². The van der Waals surface area contributed by atoms with Gasteiger partial charge in [-0.1, -0.05) is 123 Å². The van der Waals surface area contributed by atoms with Crippen LogP contribution in [0.5, 0.6) is 0 Å². The molecule has 0 saturated heterocycles. The summed E-state index contributed by atoms with van der Waals surface area (Å²) in [6.07, 6.45) is 24.6. The van der Waals surface area contributed by atoms with E-state index in [0.29, 0.717) is 12.8 Å². The molecule has 184 valence electrons. The van der Waals surface area contributed by atoms with Crippen LogP contribution in [-0.2, 0) is 19.1 Å². The summed E-state index contributed by atoms with van der Waals surface area (Å²) in [6.45, 7) is 4.84. The van der Waals surface area contributed by atoms with Gasteiger partial charge in [-0.05, 0) is 12.8 Å². The van der Waals surface area contributed by atoms with E-state index >= 15 is 0 Å². The molecule has 0 aliphatic carbocycles. The molecule has 31 heavy (non-hydrogen) atoms. The van der Waals surface area contributed by atoms with Crippen molar-refractivity contribution in [3.63, 3.8) is 0 Å². The first-order valence-corrected chi connectivity index (χ1v) is 13.5. The molecule has 0 N–H and O–H groups in total. The Bertz CT molecular complexity index is 395. The molecule has 4 heteroatoms. The zero-order chi connectivity index (χ0) is 22.8. The molecule has 0 fully saturated rings. The summed E-state index contributed by atoms with van der Waals surface area (Å²) in [5, 5.41) is 0. The number of carbonyl (C=O) groups is 2. The fourth-order valence-electron chi connectivity index (χ4n) is 3.79. The standard InChI is InChI=1S/C27H52O4/c1-3-5-7-9-11-13-14-15-17-19-21-23-27(29)31-25-24-30-26(28)22-20-18-16-12-10-8-6-4-2/h3-25H2,1-2H3. The molecule has 0 atom stereocenters. The first kappa shape index (κ1) is 29.9. The predicted octanol–water partition coefficient (Wildman–Crippen LogP) is 8.30. The molecule has 0 heterocycles. The molecule has 0 saturated carbocycles.